The SMILES string of the molecule is CCOc1ccc(C(C)=O)cc1Br. The van der Waals surface area contributed by atoms with Gasteiger partial charge in [-0.05, 0) is 48.0 Å². The molecule has 70 valence electrons. The lowest BCUT2D eigenvalue weighted by Crippen LogP contribution is -1.95. The van der Waals surface area contributed by atoms with Gasteiger partial charge in [-0.15, -0.1) is 0 Å². The Balaban J connectivity index is 2.98. The molecule has 0 aliphatic heterocycles. The summed E-state index contributed by atoms with van der Waals surface area (Å²) in [7, 11) is 0. The number of ketones is 1. The molecule has 0 spiro atoms. The normalized spacial score (nSPS) is 9.77. The number of benzene rings is 1. The van der Waals surface area contributed by atoms with Crippen molar-refractivity contribution in [2.45, 2.75) is 13.8 Å². The molecule has 0 saturated heterocycles. The van der Waals surface area contributed by atoms with Crippen LogP contribution in [0.5, 0.6) is 5.75 Å². The molecule has 0 saturated carbocycles. The minimum absolute atomic E-state index is 0.0590. The smallest absolute Gasteiger partial charge is 0.159 e. The van der Waals surface area contributed by atoms with Crippen LogP contribution in [-0.4, -0.2) is 12.4 Å². The summed E-state index contributed by atoms with van der Waals surface area (Å²) in [5, 5.41) is 0. The van der Waals surface area contributed by atoms with Gasteiger partial charge in [-0.3, -0.25) is 4.79 Å². The molecule has 0 bridgehead atoms. The Morgan fingerprint density at radius 2 is 2.23 bits per heavy atom. The zero-order valence-electron chi connectivity index (χ0n) is 7.63. The van der Waals surface area contributed by atoms with Crippen molar-refractivity contribution in [3.8, 4) is 5.75 Å². The summed E-state index contributed by atoms with van der Waals surface area (Å²) in [4.78, 5) is 11.0. The van der Waals surface area contributed by atoms with Gasteiger partial charge in [0.1, 0.15) is 5.75 Å². The minimum atomic E-state index is 0.0590. The molecule has 0 atom stereocenters. The van der Waals surface area contributed by atoms with Gasteiger partial charge in [0.25, 0.3) is 0 Å². The van der Waals surface area contributed by atoms with Gasteiger partial charge in [-0.1, -0.05) is 0 Å². The number of ether oxygens (including phenoxy) is 1. The fourth-order valence-corrected chi connectivity index (χ4v) is 1.49. The molecule has 0 aliphatic carbocycles. The number of hydrogen-bond acceptors (Lipinski definition) is 2. The molecule has 0 aliphatic rings. The standard InChI is InChI=1S/C10H11BrO2/c1-3-13-10-5-4-8(7(2)12)6-9(10)11/h4-6H,3H2,1-2H3. The molecular weight excluding hydrogens is 232 g/mol. The van der Waals surface area contributed by atoms with E-state index in [1.807, 2.05) is 6.92 Å². The van der Waals surface area contributed by atoms with E-state index < -0.39 is 0 Å². The zero-order valence-corrected chi connectivity index (χ0v) is 9.22. The first kappa shape index (κ1) is 10.3. The maximum atomic E-state index is 11.0. The Morgan fingerprint density at radius 3 is 2.69 bits per heavy atom. The van der Waals surface area contributed by atoms with Crippen LogP contribution in [0.25, 0.3) is 0 Å². The van der Waals surface area contributed by atoms with Crippen molar-refractivity contribution in [3.63, 3.8) is 0 Å². The van der Waals surface area contributed by atoms with Gasteiger partial charge in [-0.2, -0.15) is 0 Å². The van der Waals surface area contributed by atoms with Crippen LogP contribution in [0, 0.1) is 0 Å². The first-order valence-corrected chi connectivity index (χ1v) is 4.87. The number of carbonyl (C=O) groups is 1. The molecule has 0 amide bonds. The number of halogens is 1. The summed E-state index contributed by atoms with van der Waals surface area (Å²) in [6.45, 7) is 4.09. The highest BCUT2D eigenvalue weighted by atomic mass is 79.9. The highest BCUT2D eigenvalue weighted by molar-refractivity contribution is 9.10. The molecule has 0 N–H and O–H groups in total. The third-order valence-electron chi connectivity index (χ3n) is 1.64. The highest BCUT2D eigenvalue weighted by Crippen LogP contribution is 2.25. The highest BCUT2D eigenvalue weighted by Gasteiger charge is 2.04. The van der Waals surface area contributed by atoms with Gasteiger partial charge >= 0.3 is 0 Å². The van der Waals surface area contributed by atoms with E-state index in [-0.39, 0.29) is 5.78 Å². The molecule has 0 aromatic heterocycles. The fourth-order valence-electron chi connectivity index (χ4n) is 0.992. The quantitative estimate of drug-likeness (QED) is 0.762. The van der Waals surface area contributed by atoms with Crippen molar-refractivity contribution in [2.75, 3.05) is 6.61 Å². The van der Waals surface area contributed by atoms with Crippen molar-refractivity contribution in [1.82, 2.24) is 0 Å². The van der Waals surface area contributed by atoms with E-state index in [9.17, 15) is 4.79 Å². The van der Waals surface area contributed by atoms with Gasteiger partial charge < -0.3 is 4.74 Å². The molecule has 13 heavy (non-hydrogen) atoms. The molecule has 3 heteroatoms. The zero-order chi connectivity index (χ0) is 9.84. The average molecular weight is 243 g/mol. The van der Waals surface area contributed by atoms with Crippen LogP contribution in [0.3, 0.4) is 0 Å². The van der Waals surface area contributed by atoms with Gasteiger partial charge in [0.15, 0.2) is 5.78 Å². The Hall–Kier alpha value is -0.830. The van der Waals surface area contributed by atoms with Crippen LogP contribution < -0.4 is 4.74 Å². The van der Waals surface area contributed by atoms with E-state index in [0.29, 0.717) is 12.2 Å². The summed E-state index contributed by atoms with van der Waals surface area (Å²) in [5.41, 5.74) is 0.690. The molecule has 0 unspecified atom stereocenters. The summed E-state index contributed by atoms with van der Waals surface area (Å²) in [6.07, 6.45) is 0. The Bertz CT molecular complexity index is 321. The molecule has 1 aromatic rings. The summed E-state index contributed by atoms with van der Waals surface area (Å²) in [5.74, 6) is 0.830. The average Bonchev–Trinajstić information content (AvgIpc) is 2.08. The van der Waals surface area contributed by atoms with E-state index in [0.717, 1.165) is 10.2 Å². The summed E-state index contributed by atoms with van der Waals surface area (Å²) >= 11 is 3.34. The van der Waals surface area contributed by atoms with Crippen LogP contribution in [0.4, 0.5) is 0 Å². The second-order valence-electron chi connectivity index (χ2n) is 2.63. The minimum Gasteiger partial charge on any atom is -0.493 e. The molecule has 0 heterocycles. The van der Waals surface area contributed by atoms with Gasteiger partial charge in [0.2, 0.25) is 0 Å². The number of hydrogen-bond donors (Lipinski definition) is 0. The van der Waals surface area contributed by atoms with Crippen LogP contribution in [0.1, 0.15) is 24.2 Å². The van der Waals surface area contributed by atoms with Crippen LogP contribution in [-0.2, 0) is 0 Å². The second kappa shape index (κ2) is 4.42. The monoisotopic (exact) mass is 242 g/mol. The van der Waals surface area contributed by atoms with Crippen molar-refractivity contribution in [3.05, 3.63) is 28.2 Å². The number of Topliss-reactive ketones (excluding diaryl/α,β-unsaturated/α-hetero) is 1. The Kier molecular flexibility index (Phi) is 3.48. The molecule has 1 rings (SSSR count). The van der Waals surface area contributed by atoms with Crippen molar-refractivity contribution in [1.29, 1.82) is 0 Å². The van der Waals surface area contributed by atoms with Gasteiger partial charge in [-0.25, -0.2) is 0 Å². The van der Waals surface area contributed by atoms with Crippen LogP contribution in [0.15, 0.2) is 22.7 Å². The molecule has 1 aromatic carbocycles. The Morgan fingerprint density at radius 1 is 1.54 bits per heavy atom. The van der Waals surface area contributed by atoms with E-state index in [2.05, 4.69) is 15.9 Å². The van der Waals surface area contributed by atoms with Crippen molar-refractivity contribution < 1.29 is 9.53 Å². The molecular formula is C10H11BrO2. The van der Waals surface area contributed by atoms with Gasteiger partial charge in [0.05, 0.1) is 11.1 Å². The van der Waals surface area contributed by atoms with Crippen LogP contribution >= 0.6 is 15.9 Å². The van der Waals surface area contributed by atoms with E-state index in [1.54, 1.807) is 25.1 Å². The predicted molar refractivity (Wildman–Crippen MR) is 55.3 cm³/mol. The lowest BCUT2D eigenvalue weighted by atomic mass is 10.1. The first-order valence-electron chi connectivity index (χ1n) is 4.08. The first-order chi connectivity index (χ1) is 6.15. The summed E-state index contributed by atoms with van der Waals surface area (Å²) < 4.78 is 6.13. The fraction of sp³-hybridized carbons (Fsp3) is 0.300. The topological polar surface area (TPSA) is 26.3 Å². The maximum Gasteiger partial charge on any atom is 0.159 e. The third kappa shape index (κ3) is 2.56. The van der Waals surface area contributed by atoms with E-state index >= 15 is 0 Å². The number of rotatable bonds is 3. The lowest BCUT2D eigenvalue weighted by molar-refractivity contribution is 0.101. The second-order valence-corrected chi connectivity index (χ2v) is 3.49. The maximum absolute atomic E-state index is 11.0. The third-order valence-corrected chi connectivity index (χ3v) is 2.26. The van der Waals surface area contributed by atoms with Gasteiger partial charge in [0, 0.05) is 5.56 Å². The summed E-state index contributed by atoms with van der Waals surface area (Å²) in [6, 6.07) is 5.33. The number of carbonyl (C=O) groups excluding carboxylic acids is 1. The van der Waals surface area contributed by atoms with Crippen molar-refractivity contribution >= 4 is 21.7 Å². The molecule has 2 nitrogen and oxygen atoms in total. The van der Waals surface area contributed by atoms with E-state index in [4.69, 9.17) is 4.74 Å². The lowest BCUT2D eigenvalue weighted by Gasteiger charge is -2.05. The molecule has 0 radical (unpaired) electrons. The van der Waals surface area contributed by atoms with Crippen molar-refractivity contribution in [2.24, 2.45) is 0 Å². The Labute approximate surface area is 86.0 Å². The predicted octanol–water partition coefficient (Wildman–Crippen LogP) is 3.05. The molecule has 0 fully saturated rings. The van der Waals surface area contributed by atoms with E-state index in [1.165, 1.54) is 0 Å². The largest absolute Gasteiger partial charge is 0.493 e. The van der Waals surface area contributed by atoms with Crippen LogP contribution in [0.2, 0.25) is 0 Å².